The van der Waals surface area contributed by atoms with E-state index in [9.17, 15) is 35.5 Å². The first-order valence-corrected chi connectivity index (χ1v) is 5.62. The van der Waals surface area contributed by atoms with Crippen LogP contribution in [0, 0.1) is 0 Å². The molecule has 0 aliphatic heterocycles. The van der Waals surface area contributed by atoms with Crippen molar-refractivity contribution in [1.82, 2.24) is 0 Å². The summed E-state index contributed by atoms with van der Waals surface area (Å²) in [5.41, 5.74) is -10.4. The Bertz CT molecular complexity index is 376. The standard InChI is InChI=1S/C11H15F7O3/c1-7(2,3)21-6(19)8(4,12)5-9(20,10(13,14)15)11(16,17)18/h20H,5H2,1-4H3. The number of hydrogen-bond donors (Lipinski definition) is 1. The Labute approximate surface area is 116 Å². The number of carbonyl (C=O) groups excluding carboxylic acids is 1. The van der Waals surface area contributed by atoms with Crippen molar-refractivity contribution < 1.29 is 45.4 Å². The van der Waals surface area contributed by atoms with E-state index in [1.807, 2.05) is 0 Å². The zero-order valence-corrected chi connectivity index (χ0v) is 11.6. The third-order valence-electron chi connectivity index (χ3n) is 2.35. The largest absolute Gasteiger partial charge is 0.458 e. The molecule has 10 heteroatoms. The summed E-state index contributed by atoms with van der Waals surface area (Å²) in [5.74, 6) is -1.93. The smallest absolute Gasteiger partial charge is 0.426 e. The molecule has 0 aliphatic carbocycles. The van der Waals surface area contributed by atoms with Gasteiger partial charge >= 0.3 is 18.3 Å². The number of esters is 1. The van der Waals surface area contributed by atoms with E-state index in [1.165, 1.54) is 20.8 Å². The molecule has 0 aromatic carbocycles. The van der Waals surface area contributed by atoms with Crippen molar-refractivity contribution in [2.75, 3.05) is 0 Å². The fourth-order valence-corrected chi connectivity index (χ4v) is 1.30. The Morgan fingerprint density at radius 3 is 1.48 bits per heavy atom. The van der Waals surface area contributed by atoms with Gasteiger partial charge in [-0.05, 0) is 27.7 Å². The fourth-order valence-electron chi connectivity index (χ4n) is 1.30. The lowest BCUT2D eigenvalue weighted by Gasteiger charge is -2.36. The summed E-state index contributed by atoms with van der Waals surface area (Å²) >= 11 is 0. The summed E-state index contributed by atoms with van der Waals surface area (Å²) in [6, 6.07) is 0. The quantitative estimate of drug-likeness (QED) is 0.639. The first-order chi connectivity index (χ1) is 8.83. The van der Waals surface area contributed by atoms with Crippen molar-refractivity contribution in [1.29, 1.82) is 0 Å². The van der Waals surface area contributed by atoms with E-state index < -0.39 is 41.6 Å². The van der Waals surface area contributed by atoms with Gasteiger partial charge in [-0.2, -0.15) is 26.3 Å². The zero-order valence-electron chi connectivity index (χ0n) is 11.6. The molecule has 0 spiro atoms. The third kappa shape index (κ3) is 4.72. The van der Waals surface area contributed by atoms with Gasteiger partial charge in [-0.3, -0.25) is 0 Å². The fraction of sp³-hybridized carbons (Fsp3) is 0.909. The minimum absolute atomic E-state index is 0.184. The molecule has 0 aromatic heterocycles. The van der Waals surface area contributed by atoms with E-state index in [0.29, 0.717) is 0 Å². The number of carbonyl (C=O) groups is 1. The van der Waals surface area contributed by atoms with E-state index in [1.54, 1.807) is 0 Å². The molecule has 0 aliphatic rings. The van der Waals surface area contributed by atoms with E-state index >= 15 is 0 Å². The van der Waals surface area contributed by atoms with E-state index in [0.717, 1.165) is 0 Å². The molecule has 0 rings (SSSR count). The highest BCUT2D eigenvalue weighted by molar-refractivity contribution is 5.79. The molecular weight excluding hydrogens is 313 g/mol. The Hall–Kier alpha value is -1.06. The summed E-state index contributed by atoms with van der Waals surface area (Å²) in [7, 11) is 0. The molecule has 0 fully saturated rings. The monoisotopic (exact) mass is 328 g/mol. The SMILES string of the molecule is CC(C)(C)OC(=O)C(C)(F)CC(O)(C(F)(F)F)C(F)(F)F. The maximum atomic E-state index is 13.9. The number of rotatable bonds is 3. The molecule has 0 bridgehead atoms. The summed E-state index contributed by atoms with van der Waals surface area (Å²) in [6.07, 6.45) is -15.0. The third-order valence-corrected chi connectivity index (χ3v) is 2.35. The second kappa shape index (κ2) is 5.29. The van der Waals surface area contributed by atoms with Crippen molar-refractivity contribution in [2.45, 2.75) is 63.3 Å². The zero-order chi connectivity index (χ0) is 17.5. The summed E-state index contributed by atoms with van der Waals surface area (Å²) in [5, 5.41) is 8.87. The van der Waals surface area contributed by atoms with Crippen LogP contribution in [0.4, 0.5) is 30.7 Å². The number of alkyl halides is 7. The number of ether oxygens (including phenoxy) is 1. The van der Waals surface area contributed by atoms with Gasteiger partial charge in [0.05, 0.1) is 0 Å². The van der Waals surface area contributed by atoms with Gasteiger partial charge in [0.1, 0.15) is 5.60 Å². The van der Waals surface area contributed by atoms with Crippen molar-refractivity contribution >= 4 is 5.97 Å². The van der Waals surface area contributed by atoms with Crippen LogP contribution in [-0.2, 0) is 9.53 Å². The summed E-state index contributed by atoms with van der Waals surface area (Å²) < 4.78 is 93.0. The lowest BCUT2D eigenvalue weighted by atomic mass is 9.88. The molecule has 0 amide bonds. The molecule has 0 radical (unpaired) electrons. The molecular formula is C11H15F7O3. The summed E-state index contributed by atoms with van der Waals surface area (Å²) in [6.45, 7) is 3.94. The Morgan fingerprint density at radius 1 is 0.905 bits per heavy atom. The molecule has 1 atom stereocenters. The maximum absolute atomic E-state index is 13.9. The lowest BCUT2D eigenvalue weighted by Crippen LogP contribution is -2.60. The molecule has 0 saturated carbocycles. The number of halogens is 7. The van der Waals surface area contributed by atoms with Crippen LogP contribution in [0.15, 0.2) is 0 Å². The second-order valence-corrected chi connectivity index (χ2v) is 5.73. The van der Waals surface area contributed by atoms with Gasteiger partial charge in [0.25, 0.3) is 5.60 Å². The van der Waals surface area contributed by atoms with E-state index in [4.69, 9.17) is 5.11 Å². The topological polar surface area (TPSA) is 46.5 Å². The number of aliphatic hydroxyl groups is 1. The average molecular weight is 328 g/mol. The maximum Gasteiger partial charge on any atom is 0.426 e. The predicted molar refractivity (Wildman–Crippen MR) is 57.0 cm³/mol. The minimum atomic E-state index is -6.21. The van der Waals surface area contributed by atoms with Crippen LogP contribution in [-0.4, -0.2) is 40.3 Å². The van der Waals surface area contributed by atoms with Gasteiger partial charge < -0.3 is 9.84 Å². The Balaban J connectivity index is 5.51. The van der Waals surface area contributed by atoms with Crippen molar-refractivity contribution in [3.05, 3.63) is 0 Å². The van der Waals surface area contributed by atoms with Crippen LogP contribution in [0.5, 0.6) is 0 Å². The van der Waals surface area contributed by atoms with E-state index in [-0.39, 0.29) is 6.92 Å². The van der Waals surface area contributed by atoms with Gasteiger partial charge in [-0.1, -0.05) is 0 Å². The van der Waals surface area contributed by atoms with Gasteiger partial charge in [0.15, 0.2) is 0 Å². The van der Waals surface area contributed by atoms with Crippen LogP contribution < -0.4 is 0 Å². The second-order valence-electron chi connectivity index (χ2n) is 5.73. The molecule has 1 N–H and O–H groups in total. The van der Waals surface area contributed by atoms with Gasteiger partial charge in [-0.25, -0.2) is 9.18 Å². The van der Waals surface area contributed by atoms with E-state index in [2.05, 4.69) is 4.74 Å². The Kier molecular flexibility index (Phi) is 5.02. The normalized spacial score (nSPS) is 17.3. The molecule has 0 heterocycles. The highest BCUT2D eigenvalue weighted by Gasteiger charge is 2.72. The van der Waals surface area contributed by atoms with Crippen LogP contribution in [0.2, 0.25) is 0 Å². The van der Waals surface area contributed by atoms with Crippen molar-refractivity contribution in [3.63, 3.8) is 0 Å². The number of hydrogen-bond acceptors (Lipinski definition) is 3. The van der Waals surface area contributed by atoms with Gasteiger partial charge in [0.2, 0.25) is 5.67 Å². The molecule has 1 unspecified atom stereocenters. The van der Waals surface area contributed by atoms with Crippen LogP contribution in [0.25, 0.3) is 0 Å². The van der Waals surface area contributed by atoms with Gasteiger partial charge in [-0.15, -0.1) is 0 Å². The molecule has 0 aromatic rings. The van der Waals surface area contributed by atoms with Crippen LogP contribution in [0.3, 0.4) is 0 Å². The van der Waals surface area contributed by atoms with Crippen LogP contribution in [0.1, 0.15) is 34.1 Å². The summed E-state index contributed by atoms with van der Waals surface area (Å²) in [4.78, 5) is 11.4. The van der Waals surface area contributed by atoms with Crippen molar-refractivity contribution in [3.8, 4) is 0 Å². The molecule has 21 heavy (non-hydrogen) atoms. The van der Waals surface area contributed by atoms with Crippen molar-refractivity contribution in [2.24, 2.45) is 0 Å². The Morgan fingerprint density at radius 2 is 1.24 bits per heavy atom. The molecule has 0 saturated heterocycles. The minimum Gasteiger partial charge on any atom is -0.458 e. The average Bonchev–Trinajstić information content (AvgIpc) is 2.09. The van der Waals surface area contributed by atoms with Crippen LogP contribution >= 0.6 is 0 Å². The highest BCUT2D eigenvalue weighted by Crippen LogP contribution is 2.48. The van der Waals surface area contributed by atoms with Gasteiger partial charge in [0, 0.05) is 6.42 Å². The lowest BCUT2D eigenvalue weighted by molar-refractivity contribution is -0.375. The highest BCUT2D eigenvalue weighted by atomic mass is 19.4. The molecule has 3 nitrogen and oxygen atoms in total. The first kappa shape index (κ1) is 19.9. The predicted octanol–water partition coefficient (Wildman–Crippen LogP) is 3.30. The first-order valence-electron chi connectivity index (χ1n) is 5.62. The molecule has 126 valence electrons.